The van der Waals surface area contributed by atoms with Crippen LogP contribution in [0.4, 0.5) is 8.78 Å². The first-order valence-electron chi connectivity index (χ1n) is 11.3. The molecule has 8 heteroatoms. The summed E-state index contributed by atoms with van der Waals surface area (Å²) < 4.78 is 37.4. The van der Waals surface area contributed by atoms with E-state index in [1.165, 1.54) is 18.9 Å². The molecule has 0 N–H and O–H groups in total. The number of nitrogens with zero attached hydrogens (tertiary/aromatic N) is 4. The first kappa shape index (κ1) is 20.8. The molecule has 6 nitrogen and oxygen atoms in total. The Kier molecular flexibility index (Phi) is 5.46. The standard InChI is InChI=1S/C23H30F2N4O2/c1-13(2)29-22(26-21(27-29)15-5-4-6-17(9-15)31-23(24)25)20-18-10-16(11-19(18)20)28-7-8-30-12-14(28)3/h4-6,9,13-14,16,18-20,23H,7-8,10-12H2,1-3H3/t14-,16?,18-,19+,20?/m1/s1. The fourth-order valence-corrected chi connectivity index (χ4v) is 5.62. The lowest BCUT2D eigenvalue weighted by Crippen LogP contribution is -2.49. The summed E-state index contributed by atoms with van der Waals surface area (Å²) in [6.07, 6.45) is 2.41. The smallest absolute Gasteiger partial charge is 0.387 e. The molecule has 0 spiro atoms. The Bertz CT molecular complexity index is 922. The number of ether oxygens (including phenoxy) is 2. The number of hydrogen-bond acceptors (Lipinski definition) is 5. The minimum atomic E-state index is -2.85. The van der Waals surface area contributed by atoms with Crippen LogP contribution >= 0.6 is 0 Å². The summed E-state index contributed by atoms with van der Waals surface area (Å²) in [5, 5.41) is 4.75. The highest BCUT2D eigenvalue weighted by Gasteiger charge is 2.59. The zero-order valence-corrected chi connectivity index (χ0v) is 18.2. The van der Waals surface area contributed by atoms with Gasteiger partial charge in [0.1, 0.15) is 11.6 Å². The van der Waals surface area contributed by atoms with Gasteiger partial charge in [-0.15, -0.1) is 0 Å². The molecule has 2 aromatic rings. The molecule has 31 heavy (non-hydrogen) atoms. The molecule has 0 radical (unpaired) electrons. The number of rotatable bonds is 6. The van der Waals surface area contributed by atoms with E-state index < -0.39 is 6.61 Å². The van der Waals surface area contributed by atoms with E-state index in [0.717, 1.165) is 25.6 Å². The van der Waals surface area contributed by atoms with Crippen molar-refractivity contribution in [1.82, 2.24) is 19.7 Å². The van der Waals surface area contributed by atoms with Crippen LogP contribution in [-0.2, 0) is 4.74 Å². The van der Waals surface area contributed by atoms with E-state index in [2.05, 4.69) is 30.4 Å². The summed E-state index contributed by atoms with van der Waals surface area (Å²) in [5.74, 6) is 3.49. The zero-order valence-electron chi connectivity index (χ0n) is 18.2. The van der Waals surface area contributed by atoms with Crippen molar-refractivity contribution in [2.75, 3.05) is 19.8 Å². The second-order valence-corrected chi connectivity index (χ2v) is 9.38. The van der Waals surface area contributed by atoms with Crippen molar-refractivity contribution in [3.8, 4) is 17.1 Å². The van der Waals surface area contributed by atoms with Crippen LogP contribution in [0.5, 0.6) is 5.75 Å². The van der Waals surface area contributed by atoms with E-state index in [9.17, 15) is 8.78 Å². The van der Waals surface area contributed by atoms with E-state index in [4.69, 9.17) is 14.8 Å². The maximum Gasteiger partial charge on any atom is 0.387 e. The predicted molar refractivity (Wildman–Crippen MR) is 112 cm³/mol. The fourth-order valence-electron chi connectivity index (χ4n) is 5.62. The molecule has 1 aromatic heterocycles. The lowest BCUT2D eigenvalue weighted by atomic mass is 10.0. The topological polar surface area (TPSA) is 52.4 Å². The number of morpholine rings is 1. The normalized spacial score (nSPS) is 30.7. The van der Waals surface area contributed by atoms with Crippen molar-refractivity contribution in [2.45, 2.75) is 64.3 Å². The number of hydrogen-bond donors (Lipinski definition) is 0. The Morgan fingerprint density at radius 3 is 2.65 bits per heavy atom. The molecule has 5 rings (SSSR count). The van der Waals surface area contributed by atoms with E-state index >= 15 is 0 Å². The van der Waals surface area contributed by atoms with Crippen molar-refractivity contribution in [3.05, 3.63) is 30.1 Å². The average molecular weight is 433 g/mol. The summed E-state index contributed by atoms with van der Waals surface area (Å²) in [6.45, 7) is 6.31. The number of benzene rings is 1. The number of halogens is 2. The summed E-state index contributed by atoms with van der Waals surface area (Å²) in [5.41, 5.74) is 0.699. The van der Waals surface area contributed by atoms with Crippen molar-refractivity contribution < 1.29 is 18.3 Å². The maximum absolute atomic E-state index is 12.6. The van der Waals surface area contributed by atoms with Gasteiger partial charge < -0.3 is 9.47 Å². The third kappa shape index (κ3) is 3.96. The first-order valence-corrected chi connectivity index (χ1v) is 11.3. The van der Waals surface area contributed by atoms with Gasteiger partial charge in [-0.2, -0.15) is 13.9 Å². The van der Waals surface area contributed by atoms with Crippen LogP contribution in [0.15, 0.2) is 24.3 Å². The molecule has 2 saturated carbocycles. The van der Waals surface area contributed by atoms with E-state index in [1.54, 1.807) is 12.1 Å². The highest BCUT2D eigenvalue weighted by molar-refractivity contribution is 5.57. The lowest BCUT2D eigenvalue weighted by Gasteiger charge is -2.38. The molecule has 2 unspecified atom stereocenters. The van der Waals surface area contributed by atoms with Gasteiger partial charge >= 0.3 is 6.61 Å². The van der Waals surface area contributed by atoms with E-state index in [1.807, 2.05) is 10.7 Å². The molecular formula is C23H30F2N4O2. The van der Waals surface area contributed by atoms with E-state index in [-0.39, 0.29) is 11.8 Å². The van der Waals surface area contributed by atoms with Gasteiger partial charge in [0.05, 0.1) is 13.2 Å². The predicted octanol–water partition coefficient (Wildman–Crippen LogP) is 4.34. The number of alkyl halides is 2. The van der Waals surface area contributed by atoms with Crippen molar-refractivity contribution in [1.29, 1.82) is 0 Å². The average Bonchev–Trinajstić information content (AvgIpc) is 3.08. The van der Waals surface area contributed by atoms with Crippen LogP contribution in [0.25, 0.3) is 11.4 Å². The van der Waals surface area contributed by atoms with Gasteiger partial charge in [-0.1, -0.05) is 12.1 Å². The molecule has 1 saturated heterocycles. The third-order valence-electron chi connectivity index (χ3n) is 7.07. The molecule has 3 aliphatic rings. The van der Waals surface area contributed by atoms with Gasteiger partial charge in [0, 0.05) is 36.2 Å². The van der Waals surface area contributed by atoms with Gasteiger partial charge in [-0.05, 0) is 57.6 Å². The molecule has 1 aliphatic heterocycles. The van der Waals surface area contributed by atoms with Gasteiger partial charge in [0.25, 0.3) is 0 Å². The number of aromatic nitrogens is 3. The highest BCUT2D eigenvalue weighted by Crippen LogP contribution is 2.64. The van der Waals surface area contributed by atoms with Crippen LogP contribution in [0.2, 0.25) is 0 Å². The van der Waals surface area contributed by atoms with E-state index in [0.29, 0.717) is 41.2 Å². The number of fused-ring (bicyclic) bond motifs is 1. The molecule has 2 aliphatic carbocycles. The second kappa shape index (κ2) is 8.13. The van der Waals surface area contributed by atoms with Gasteiger partial charge in [0.2, 0.25) is 0 Å². The van der Waals surface area contributed by atoms with Gasteiger partial charge in [0.15, 0.2) is 5.82 Å². The van der Waals surface area contributed by atoms with Crippen LogP contribution in [0.1, 0.15) is 51.4 Å². The molecule has 168 valence electrons. The lowest BCUT2D eigenvalue weighted by molar-refractivity contribution is -0.0498. The Morgan fingerprint density at radius 2 is 1.97 bits per heavy atom. The summed E-state index contributed by atoms with van der Waals surface area (Å²) in [6, 6.07) is 7.96. The molecule has 2 heterocycles. The van der Waals surface area contributed by atoms with Gasteiger partial charge in [-0.25, -0.2) is 9.67 Å². The van der Waals surface area contributed by atoms with Crippen molar-refractivity contribution in [3.63, 3.8) is 0 Å². The summed E-state index contributed by atoms with van der Waals surface area (Å²) >= 11 is 0. The molecule has 1 aromatic carbocycles. The van der Waals surface area contributed by atoms with Crippen LogP contribution < -0.4 is 4.74 Å². The maximum atomic E-state index is 12.6. The SMILES string of the molecule is CC(C)n1nc(-c2cccc(OC(F)F)c2)nc1C1[C@H]2CC(N3CCOC[C@H]3C)C[C@@H]12. The van der Waals surface area contributed by atoms with Crippen molar-refractivity contribution >= 4 is 0 Å². The Labute approximate surface area is 181 Å². The minimum absolute atomic E-state index is 0.126. The fraction of sp³-hybridized carbons (Fsp3) is 0.652. The quantitative estimate of drug-likeness (QED) is 0.680. The van der Waals surface area contributed by atoms with Gasteiger partial charge in [-0.3, -0.25) is 4.90 Å². The Hall–Kier alpha value is -2.06. The molecule has 0 amide bonds. The largest absolute Gasteiger partial charge is 0.435 e. The minimum Gasteiger partial charge on any atom is -0.435 e. The third-order valence-corrected chi connectivity index (χ3v) is 7.07. The monoisotopic (exact) mass is 432 g/mol. The molecule has 0 bridgehead atoms. The van der Waals surface area contributed by atoms with Crippen LogP contribution in [-0.4, -0.2) is 58.1 Å². The Balaban J connectivity index is 1.34. The van der Waals surface area contributed by atoms with Crippen LogP contribution in [0, 0.1) is 11.8 Å². The molecule has 5 atom stereocenters. The van der Waals surface area contributed by atoms with Crippen molar-refractivity contribution in [2.24, 2.45) is 11.8 Å². The zero-order chi connectivity index (χ0) is 21.7. The molecule has 3 fully saturated rings. The highest BCUT2D eigenvalue weighted by atomic mass is 19.3. The molecular weight excluding hydrogens is 402 g/mol. The second-order valence-electron chi connectivity index (χ2n) is 9.38. The summed E-state index contributed by atoms with van der Waals surface area (Å²) in [4.78, 5) is 7.52. The summed E-state index contributed by atoms with van der Waals surface area (Å²) in [7, 11) is 0. The Morgan fingerprint density at radius 1 is 1.19 bits per heavy atom. The van der Waals surface area contributed by atoms with Crippen LogP contribution in [0.3, 0.4) is 0 Å². The first-order chi connectivity index (χ1) is 14.9.